The Morgan fingerprint density at radius 2 is 1.92 bits per heavy atom. The average molecular weight is 339 g/mol. The highest BCUT2D eigenvalue weighted by Gasteiger charge is 2.15. The van der Waals surface area contributed by atoms with E-state index in [1.54, 1.807) is 25.3 Å². The van der Waals surface area contributed by atoms with Crippen LogP contribution in [0.15, 0.2) is 64.7 Å². The van der Waals surface area contributed by atoms with E-state index in [2.05, 4.69) is 14.9 Å². The number of hydrazone groups is 1. The molecule has 1 aromatic heterocycles. The number of fused-ring (bicyclic) bond motifs is 1. The van der Waals surface area contributed by atoms with E-state index in [1.165, 1.54) is 6.21 Å². The molecule has 3 rings (SSSR count). The van der Waals surface area contributed by atoms with Gasteiger partial charge in [-0.15, -0.1) is 0 Å². The molecule has 0 spiro atoms. The highest BCUT2D eigenvalue weighted by molar-refractivity contribution is 7.89. The molecule has 0 radical (unpaired) electrons. The second-order valence-corrected chi connectivity index (χ2v) is 7.21. The van der Waals surface area contributed by atoms with Crippen molar-refractivity contribution in [2.75, 3.05) is 0 Å². The van der Waals surface area contributed by atoms with Gasteiger partial charge in [0, 0.05) is 11.6 Å². The molecule has 5 nitrogen and oxygen atoms in total. The van der Waals surface area contributed by atoms with Gasteiger partial charge in [-0.25, -0.2) is 4.83 Å². The predicted octanol–water partition coefficient (Wildman–Crippen LogP) is 3.16. The van der Waals surface area contributed by atoms with Crippen molar-refractivity contribution in [2.24, 2.45) is 5.10 Å². The van der Waals surface area contributed by atoms with E-state index >= 15 is 0 Å². The molecule has 0 saturated carbocycles. The molecule has 0 unspecified atom stereocenters. The number of hydrogen-bond donors (Lipinski definition) is 1. The molecule has 3 aromatic rings. The van der Waals surface area contributed by atoms with Crippen LogP contribution < -0.4 is 4.83 Å². The van der Waals surface area contributed by atoms with Gasteiger partial charge in [-0.1, -0.05) is 24.3 Å². The van der Waals surface area contributed by atoms with Crippen molar-refractivity contribution in [3.05, 3.63) is 71.4 Å². The van der Waals surface area contributed by atoms with Gasteiger partial charge in [0.15, 0.2) is 0 Å². The maximum absolute atomic E-state index is 12.4. The van der Waals surface area contributed by atoms with Crippen molar-refractivity contribution in [2.45, 2.75) is 18.7 Å². The first-order chi connectivity index (χ1) is 11.5. The minimum Gasteiger partial charge on any atom is -0.256 e. The number of aryl methyl sites for hydroxylation is 2. The van der Waals surface area contributed by atoms with Crippen LogP contribution in [-0.4, -0.2) is 19.6 Å². The van der Waals surface area contributed by atoms with E-state index in [4.69, 9.17) is 0 Å². The third-order valence-electron chi connectivity index (χ3n) is 3.65. The second kappa shape index (κ2) is 6.41. The van der Waals surface area contributed by atoms with Gasteiger partial charge in [0.05, 0.1) is 16.6 Å². The number of hydrogen-bond acceptors (Lipinski definition) is 4. The Morgan fingerprint density at radius 3 is 2.75 bits per heavy atom. The molecule has 1 heterocycles. The molecule has 0 aliphatic rings. The van der Waals surface area contributed by atoms with E-state index < -0.39 is 10.0 Å². The molecular weight excluding hydrogens is 322 g/mol. The largest absolute Gasteiger partial charge is 0.276 e. The lowest BCUT2D eigenvalue weighted by molar-refractivity contribution is 0.584. The first kappa shape index (κ1) is 16.1. The summed E-state index contributed by atoms with van der Waals surface area (Å²) < 4.78 is 24.7. The summed E-state index contributed by atoms with van der Waals surface area (Å²) in [6.07, 6.45) is 3.21. The zero-order valence-corrected chi connectivity index (χ0v) is 14.2. The van der Waals surface area contributed by atoms with Crippen molar-refractivity contribution < 1.29 is 8.42 Å². The van der Waals surface area contributed by atoms with Gasteiger partial charge in [-0.3, -0.25) is 4.98 Å². The lowest BCUT2D eigenvalue weighted by atomic mass is 10.1. The van der Waals surface area contributed by atoms with Crippen molar-refractivity contribution in [3.63, 3.8) is 0 Å². The molecule has 0 aliphatic heterocycles. The zero-order chi connectivity index (χ0) is 17.2. The fourth-order valence-electron chi connectivity index (χ4n) is 2.39. The number of nitrogens with zero attached hydrogens (tertiary/aromatic N) is 2. The first-order valence-corrected chi connectivity index (χ1v) is 8.91. The Morgan fingerprint density at radius 1 is 1.08 bits per heavy atom. The Bertz CT molecular complexity index is 1030. The van der Waals surface area contributed by atoms with Crippen molar-refractivity contribution in [1.29, 1.82) is 0 Å². The maximum atomic E-state index is 12.4. The standard InChI is InChI=1S/C18H17N3O2S/c1-13-5-6-14(2)18(10-13)24(22,23)21-20-12-15-7-8-17-16(11-15)4-3-9-19-17/h3-12,21H,1-2H3/b20-12-. The quantitative estimate of drug-likeness (QED) is 0.586. The monoisotopic (exact) mass is 339 g/mol. The Kier molecular flexibility index (Phi) is 4.31. The van der Waals surface area contributed by atoms with Gasteiger partial charge in [0.25, 0.3) is 10.0 Å². The summed E-state index contributed by atoms with van der Waals surface area (Å²) in [6, 6.07) is 14.7. The zero-order valence-electron chi connectivity index (χ0n) is 13.4. The number of aromatic nitrogens is 1. The van der Waals surface area contributed by atoms with Crippen LogP contribution in [-0.2, 0) is 10.0 Å². The van der Waals surface area contributed by atoms with Crippen LogP contribution >= 0.6 is 0 Å². The summed E-state index contributed by atoms with van der Waals surface area (Å²) in [5.74, 6) is 0. The van der Waals surface area contributed by atoms with Crippen LogP contribution in [0.4, 0.5) is 0 Å². The molecule has 0 bridgehead atoms. The van der Waals surface area contributed by atoms with Gasteiger partial charge < -0.3 is 0 Å². The second-order valence-electron chi connectivity index (χ2n) is 5.58. The molecule has 0 fully saturated rings. The van der Waals surface area contributed by atoms with Gasteiger partial charge in [-0.2, -0.15) is 13.5 Å². The van der Waals surface area contributed by atoms with E-state index in [9.17, 15) is 8.42 Å². The van der Waals surface area contributed by atoms with Gasteiger partial charge >= 0.3 is 0 Å². The molecule has 1 N–H and O–H groups in total. The fraction of sp³-hybridized carbons (Fsp3) is 0.111. The van der Waals surface area contributed by atoms with E-state index in [-0.39, 0.29) is 4.90 Å². The Balaban J connectivity index is 1.82. The SMILES string of the molecule is Cc1ccc(C)c(S(=O)(=O)N/N=C\c2ccc3ncccc3c2)c1. The van der Waals surface area contributed by atoms with E-state index in [0.717, 1.165) is 22.0 Å². The average Bonchev–Trinajstić information content (AvgIpc) is 2.56. The van der Waals surface area contributed by atoms with Crippen molar-refractivity contribution >= 4 is 27.1 Å². The molecule has 24 heavy (non-hydrogen) atoms. The Labute approximate surface area is 141 Å². The third kappa shape index (κ3) is 3.44. The number of rotatable bonds is 4. The number of nitrogens with one attached hydrogen (secondary N) is 1. The predicted molar refractivity (Wildman–Crippen MR) is 95.6 cm³/mol. The van der Waals surface area contributed by atoms with Crippen LogP contribution in [0.1, 0.15) is 16.7 Å². The number of pyridine rings is 1. The van der Waals surface area contributed by atoms with Gasteiger partial charge in [0.2, 0.25) is 0 Å². The molecule has 122 valence electrons. The van der Waals surface area contributed by atoms with E-state index in [1.807, 2.05) is 43.3 Å². The smallest absolute Gasteiger partial charge is 0.256 e. The van der Waals surface area contributed by atoms with Crippen LogP contribution in [0, 0.1) is 13.8 Å². The van der Waals surface area contributed by atoms with Gasteiger partial charge in [-0.05, 0) is 54.8 Å². The van der Waals surface area contributed by atoms with Crippen molar-refractivity contribution in [1.82, 2.24) is 9.82 Å². The first-order valence-electron chi connectivity index (χ1n) is 7.43. The highest BCUT2D eigenvalue weighted by atomic mass is 32.2. The van der Waals surface area contributed by atoms with Crippen molar-refractivity contribution in [3.8, 4) is 0 Å². The molecule has 0 amide bonds. The van der Waals surface area contributed by atoms with Crippen LogP contribution in [0.25, 0.3) is 10.9 Å². The van der Waals surface area contributed by atoms with Crippen LogP contribution in [0.2, 0.25) is 0 Å². The van der Waals surface area contributed by atoms with Crippen LogP contribution in [0.3, 0.4) is 0 Å². The van der Waals surface area contributed by atoms with Gasteiger partial charge in [0.1, 0.15) is 0 Å². The lowest BCUT2D eigenvalue weighted by Gasteiger charge is -2.07. The molecular formula is C18H17N3O2S. The number of sulfonamides is 1. The Hall–Kier alpha value is -2.73. The summed E-state index contributed by atoms with van der Waals surface area (Å²) in [5, 5.41) is 4.86. The molecule has 0 saturated heterocycles. The summed E-state index contributed by atoms with van der Waals surface area (Å²) >= 11 is 0. The maximum Gasteiger partial charge on any atom is 0.276 e. The molecule has 0 atom stereocenters. The molecule has 0 aliphatic carbocycles. The minimum atomic E-state index is -3.69. The molecule has 6 heteroatoms. The van der Waals surface area contributed by atoms with E-state index in [0.29, 0.717) is 5.56 Å². The normalized spacial score (nSPS) is 11.9. The topological polar surface area (TPSA) is 71.4 Å². The summed E-state index contributed by atoms with van der Waals surface area (Å²) in [4.78, 5) is 6.75. The minimum absolute atomic E-state index is 0.238. The summed E-state index contributed by atoms with van der Waals surface area (Å²) in [6.45, 7) is 3.61. The molecule has 2 aromatic carbocycles. The highest BCUT2D eigenvalue weighted by Crippen LogP contribution is 2.16. The number of benzene rings is 2. The third-order valence-corrected chi connectivity index (χ3v) is 5.01. The summed E-state index contributed by atoms with van der Waals surface area (Å²) in [5.41, 5.74) is 3.23. The lowest BCUT2D eigenvalue weighted by Crippen LogP contribution is -2.19. The fourth-order valence-corrected chi connectivity index (χ4v) is 3.51. The van der Waals surface area contributed by atoms with Crippen LogP contribution in [0.5, 0.6) is 0 Å². The summed E-state index contributed by atoms with van der Waals surface area (Å²) in [7, 11) is -3.69.